The SMILES string of the molecule is c1ccc(-c2ccc(-c3nc(-c4ccccc4)nc(-c4ccc5c(c4)C4(c6ccccc6-5)c5ccccc5-c5oc6ccccc6c54)n3)cc2)cc1. The fraction of sp³-hybridized carbons (Fsp3) is 0.0208. The van der Waals surface area contributed by atoms with Crippen LogP contribution in [0.25, 0.3) is 78.7 Å². The lowest BCUT2D eigenvalue weighted by Crippen LogP contribution is -2.25. The molecule has 0 radical (unpaired) electrons. The highest BCUT2D eigenvalue weighted by Crippen LogP contribution is 2.65. The smallest absolute Gasteiger partial charge is 0.164 e. The number of benzene rings is 7. The van der Waals surface area contributed by atoms with E-state index in [0.717, 1.165) is 44.5 Å². The average molecular weight is 664 g/mol. The molecule has 2 heterocycles. The van der Waals surface area contributed by atoms with E-state index in [-0.39, 0.29) is 0 Å². The number of rotatable bonds is 4. The number of hydrogen-bond acceptors (Lipinski definition) is 4. The Morgan fingerprint density at radius 3 is 1.58 bits per heavy atom. The van der Waals surface area contributed by atoms with Crippen molar-refractivity contribution in [1.82, 2.24) is 15.0 Å². The summed E-state index contributed by atoms with van der Waals surface area (Å²) < 4.78 is 6.70. The lowest BCUT2D eigenvalue weighted by molar-refractivity contribution is 0.628. The molecule has 9 aromatic rings. The van der Waals surface area contributed by atoms with Gasteiger partial charge in [0, 0.05) is 33.2 Å². The van der Waals surface area contributed by atoms with Gasteiger partial charge in [0.25, 0.3) is 0 Å². The van der Waals surface area contributed by atoms with E-state index < -0.39 is 5.41 Å². The third-order valence-electron chi connectivity index (χ3n) is 10.8. The van der Waals surface area contributed by atoms with Crippen LogP contribution < -0.4 is 0 Å². The van der Waals surface area contributed by atoms with Gasteiger partial charge in [-0.25, -0.2) is 15.0 Å². The molecule has 11 rings (SSSR count). The molecule has 4 heteroatoms. The minimum absolute atomic E-state index is 0.564. The Hall–Kier alpha value is -6.91. The first-order chi connectivity index (χ1) is 25.8. The summed E-state index contributed by atoms with van der Waals surface area (Å²) in [6.45, 7) is 0. The van der Waals surface area contributed by atoms with Crippen LogP contribution in [0.5, 0.6) is 0 Å². The van der Waals surface area contributed by atoms with Gasteiger partial charge in [-0.3, -0.25) is 0 Å². The van der Waals surface area contributed by atoms with E-state index >= 15 is 0 Å². The van der Waals surface area contributed by atoms with Gasteiger partial charge >= 0.3 is 0 Å². The van der Waals surface area contributed by atoms with Crippen molar-refractivity contribution in [3.05, 3.63) is 198 Å². The molecule has 1 unspecified atom stereocenters. The number of furan rings is 1. The summed E-state index contributed by atoms with van der Waals surface area (Å²) in [4.78, 5) is 15.4. The van der Waals surface area contributed by atoms with Crippen molar-refractivity contribution >= 4 is 11.0 Å². The van der Waals surface area contributed by atoms with Gasteiger partial charge in [-0.1, -0.05) is 164 Å². The molecule has 242 valence electrons. The summed E-state index contributed by atoms with van der Waals surface area (Å²) in [5, 5.41) is 1.13. The number of nitrogens with zero attached hydrogens (tertiary/aromatic N) is 3. The van der Waals surface area contributed by atoms with E-state index in [1.54, 1.807) is 0 Å². The van der Waals surface area contributed by atoms with Gasteiger partial charge < -0.3 is 4.42 Å². The van der Waals surface area contributed by atoms with Crippen LogP contribution in [0.3, 0.4) is 0 Å². The van der Waals surface area contributed by atoms with Crippen molar-refractivity contribution in [3.63, 3.8) is 0 Å². The summed E-state index contributed by atoms with van der Waals surface area (Å²) in [5.41, 5.74) is 14.0. The van der Waals surface area contributed by atoms with Crippen LogP contribution in [0.15, 0.2) is 180 Å². The third kappa shape index (κ3) is 4.06. The lowest BCUT2D eigenvalue weighted by Gasteiger charge is -2.30. The number of fused-ring (bicyclic) bond motifs is 12. The molecule has 2 aliphatic rings. The van der Waals surface area contributed by atoms with E-state index in [1.807, 2.05) is 30.3 Å². The molecule has 0 aliphatic heterocycles. The monoisotopic (exact) mass is 663 g/mol. The van der Waals surface area contributed by atoms with Gasteiger partial charge in [0.1, 0.15) is 11.3 Å². The highest BCUT2D eigenvalue weighted by Gasteiger charge is 2.54. The predicted octanol–water partition coefficient (Wildman–Crippen LogP) is 11.6. The quantitative estimate of drug-likeness (QED) is 0.188. The molecule has 4 nitrogen and oxygen atoms in total. The molecule has 0 saturated carbocycles. The Balaban J connectivity index is 1.14. The van der Waals surface area contributed by atoms with Crippen LogP contribution in [-0.2, 0) is 5.41 Å². The van der Waals surface area contributed by atoms with Gasteiger partial charge in [0.05, 0.1) is 5.41 Å². The first kappa shape index (κ1) is 28.9. The molecule has 52 heavy (non-hydrogen) atoms. The maximum atomic E-state index is 6.70. The molecule has 0 bridgehead atoms. The second-order valence-corrected chi connectivity index (χ2v) is 13.5. The van der Waals surface area contributed by atoms with E-state index in [0.29, 0.717) is 17.5 Å². The van der Waals surface area contributed by atoms with Crippen LogP contribution in [0.4, 0.5) is 0 Å². The molecule has 0 N–H and O–H groups in total. The Morgan fingerprint density at radius 2 is 0.846 bits per heavy atom. The molecule has 0 saturated heterocycles. The Morgan fingerprint density at radius 1 is 0.365 bits per heavy atom. The van der Waals surface area contributed by atoms with Gasteiger partial charge in [-0.2, -0.15) is 0 Å². The highest BCUT2D eigenvalue weighted by atomic mass is 16.3. The van der Waals surface area contributed by atoms with E-state index in [9.17, 15) is 0 Å². The Kier molecular flexibility index (Phi) is 6.13. The molecule has 0 fully saturated rings. The molecule has 7 aromatic carbocycles. The fourth-order valence-electron chi connectivity index (χ4n) is 8.52. The normalized spacial score (nSPS) is 15.0. The van der Waals surface area contributed by atoms with Gasteiger partial charge in [0.15, 0.2) is 17.5 Å². The lowest BCUT2D eigenvalue weighted by atomic mass is 9.70. The fourth-order valence-corrected chi connectivity index (χ4v) is 8.52. The van der Waals surface area contributed by atoms with E-state index in [1.165, 1.54) is 38.9 Å². The van der Waals surface area contributed by atoms with Crippen LogP contribution in [0.2, 0.25) is 0 Å². The van der Waals surface area contributed by atoms with Gasteiger partial charge in [0.2, 0.25) is 0 Å². The molecule has 1 atom stereocenters. The molecule has 0 amide bonds. The van der Waals surface area contributed by atoms with Crippen LogP contribution in [0, 0.1) is 0 Å². The molecule has 1 spiro atoms. The van der Waals surface area contributed by atoms with Crippen molar-refractivity contribution in [2.45, 2.75) is 5.41 Å². The summed E-state index contributed by atoms with van der Waals surface area (Å²) in [6, 6.07) is 61.8. The largest absolute Gasteiger partial charge is 0.456 e. The molecule has 2 aromatic heterocycles. The van der Waals surface area contributed by atoms with Crippen LogP contribution >= 0.6 is 0 Å². The van der Waals surface area contributed by atoms with Crippen molar-refractivity contribution in [2.75, 3.05) is 0 Å². The topological polar surface area (TPSA) is 51.8 Å². The number of aromatic nitrogens is 3. The summed E-state index contributed by atoms with van der Waals surface area (Å²) >= 11 is 0. The van der Waals surface area contributed by atoms with E-state index in [4.69, 9.17) is 19.4 Å². The van der Waals surface area contributed by atoms with Crippen LogP contribution in [-0.4, -0.2) is 15.0 Å². The number of para-hydroxylation sites is 1. The van der Waals surface area contributed by atoms with Crippen LogP contribution in [0.1, 0.15) is 22.3 Å². The van der Waals surface area contributed by atoms with Crippen molar-refractivity contribution in [2.24, 2.45) is 0 Å². The minimum Gasteiger partial charge on any atom is -0.456 e. The zero-order valence-corrected chi connectivity index (χ0v) is 28.0. The first-order valence-corrected chi connectivity index (χ1v) is 17.6. The highest BCUT2D eigenvalue weighted by molar-refractivity contribution is 6.02. The first-order valence-electron chi connectivity index (χ1n) is 17.6. The molecule has 2 aliphatic carbocycles. The Labute approximate surface area is 300 Å². The van der Waals surface area contributed by atoms with Gasteiger partial charge in [-0.05, 0) is 51.1 Å². The second kappa shape index (κ2) is 11.0. The van der Waals surface area contributed by atoms with E-state index in [2.05, 4.69) is 146 Å². The average Bonchev–Trinajstić information content (AvgIpc) is 3.85. The zero-order valence-electron chi connectivity index (χ0n) is 28.0. The standard InChI is InChI=1S/C48H29N3O/c1-3-13-30(14-4-1)31-23-25-33(26-24-31)46-49-45(32-15-5-2-6-16-32)50-47(51-46)34-27-28-36-35-17-7-10-20-39(35)48(41(36)29-34)40-21-11-8-18-37(40)44-43(48)38-19-9-12-22-42(38)52-44/h1-29H. The third-order valence-corrected chi connectivity index (χ3v) is 10.8. The van der Waals surface area contributed by atoms with Crippen molar-refractivity contribution < 1.29 is 4.42 Å². The van der Waals surface area contributed by atoms with Crippen molar-refractivity contribution in [3.8, 4) is 67.7 Å². The minimum atomic E-state index is -0.564. The Bertz CT molecular complexity index is 2840. The summed E-state index contributed by atoms with van der Waals surface area (Å²) in [6.07, 6.45) is 0. The predicted molar refractivity (Wildman–Crippen MR) is 208 cm³/mol. The summed E-state index contributed by atoms with van der Waals surface area (Å²) in [5.74, 6) is 2.85. The molecular weight excluding hydrogens is 635 g/mol. The van der Waals surface area contributed by atoms with Crippen molar-refractivity contribution in [1.29, 1.82) is 0 Å². The maximum absolute atomic E-state index is 6.70. The zero-order chi connectivity index (χ0) is 34.2. The summed E-state index contributed by atoms with van der Waals surface area (Å²) in [7, 11) is 0. The second-order valence-electron chi connectivity index (χ2n) is 13.5. The maximum Gasteiger partial charge on any atom is 0.164 e. The van der Waals surface area contributed by atoms with Gasteiger partial charge in [-0.15, -0.1) is 0 Å². The molecular formula is C48H29N3O. The number of hydrogen-bond donors (Lipinski definition) is 0.